The highest BCUT2D eigenvalue weighted by atomic mass is 35.5. The highest BCUT2D eigenvalue weighted by molar-refractivity contribution is 6.34. The second-order valence-corrected chi connectivity index (χ2v) is 5.08. The molecule has 2 aromatic heterocycles. The summed E-state index contributed by atoms with van der Waals surface area (Å²) in [4.78, 5) is 12.0. The van der Waals surface area contributed by atoms with Gasteiger partial charge in [0.1, 0.15) is 11.6 Å². The third-order valence-electron chi connectivity index (χ3n) is 3.05. The number of carbonyl (C=O) groups is 1. The van der Waals surface area contributed by atoms with Gasteiger partial charge in [0.2, 0.25) is 5.82 Å². The SMILES string of the molecule is N#CC(=CNc1ccc(NC(=O)c2ccco2)c(Cl)c1)c1nn[nH]n1. The van der Waals surface area contributed by atoms with Crippen LogP contribution in [0.4, 0.5) is 11.4 Å². The summed E-state index contributed by atoms with van der Waals surface area (Å²) < 4.78 is 5.02. The molecule has 124 valence electrons. The molecule has 0 radical (unpaired) electrons. The molecule has 0 atom stereocenters. The minimum atomic E-state index is -0.406. The Morgan fingerprint density at radius 1 is 1.40 bits per heavy atom. The fraction of sp³-hybridized carbons (Fsp3) is 0. The topological polar surface area (TPSA) is 133 Å². The maximum atomic E-state index is 12.0. The van der Waals surface area contributed by atoms with Crippen LogP contribution >= 0.6 is 11.6 Å². The van der Waals surface area contributed by atoms with Crippen molar-refractivity contribution >= 4 is 34.5 Å². The summed E-state index contributed by atoms with van der Waals surface area (Å²) in [6.45, 7) is 0. The number of H-pyrrole nitrogens is 1. The first kappa shape index (κ1) is 16.2. The summed E-state index contributed by atoms with van der Waals surface area (Å²) in [6.07, 6.45) is 2.84. The number of benzene rings is 1. The molecular weight excluding hydrogens is 346 g/mol. The first-order valence-corrected chi connectivity index (χ1v) is 7.30. The number of nitrogens with zero attached hydrogens (tertiary/aromatic N) is 4. The number of hydrogen-bond donors (Lipinski definition) is 3. The van der Waals surface area contributed by atoms with Gasteiger partial charge in [-0.2, -0.15) is 10.5 Å². The van der Waals surface area contributed by atoms with E-state index in [9.17, 15) is 4.79 Å². The number of halogens is 1. The van der Waals surface area contributed by atoms with Crippen LogP contribution < -0.4 is 10.6 Å². The number of carbonyl (C=O) groups excluding carboxylic acids is 1. The molecule has 2 heterocycles. The molecule has 3 rings (SSSR count). The van der Waals surface area contributed by atoms with Gasteiger partial charge in [-0.3, -0.25) is 4.79 Å². The maximum Gasteiger partial charge on any atom is 0.291 e. The molecule has 1 amide bonds. The van der Waals surface area contributed by atoms with E-state index in [1.165, 1.54) is 12.5 Å². The smallest absolute Gasteiger partial charge is 0.291 e. The molecule has 0 spiro atoms. The Balaban J connectivity index is 1.72. The number of nitrogens with one attached hydrogen (secondary N) is 3. The predicted octanol–water partition coefficient (Wildman–Crippen LogP) is 2.67. The van der Waals surface area contributed by atoms with Crippen molar-refractivity contribution in [1.82, 2.24) is 20.6 Å². The van der Waals surface area contributed by atoms with Gasteiger partial charge in [-0.05, 0) is 35.5 Å². The fourth-order valence-electron chi connectivity index (χ4n) is 1.88. The number of furan rings is 1. The van der Waals surface area contributed by atoms with Crippen LogP contribution in [-0.2, 0) is 0 Å². The van der Waals surface area contributed by atoms with Gasteiger partial charge in [-0.15, -0.1) is 10.2 Å². The second-order valence-electron chi connectivity index (χ2n) is 4.68. The molecule has 0 bridgehead atoms. The van der Waals surface area contributed by atoms with Gasteiger partial charge in [0.15, 0.2) is 5.76 Å². The maximum absolute atomic E-state index is 12.0. The monoisotopic (exact) mass is 355 g/mol. The number of aromatic amines is 1. The normalized spacial score (nSPS) is 11.0. The molecule has 0 unspecified atom stereocenters. The molecule has 0 saturated carbocycles. The minimum Gasteiger partial charge on any atom is -0.459 e. The molecule has 25 heavy (non-hydrogen) atoms. The van der Waals surface area contributed by atoms with Crippen LogP contribution in [0.15, 0.2) is 47.2 Å². The number of allylic oxidation sites excluding steroid dienone is 1. The number of nitriles is 1. The zero-order chi connectivity index (χ0) is 17.6. The Morgan fingerprint density at radius 3 is 2.92 bits per heavy atom. The fourth-order valence-corrected chi connectivity index (χ4v) is 2.10. The number of anilines is 2. The molecule has 3 N–H and O–H groups in total. The van der Waals surface area contributed by atoms with Crippen LogP contribution in [0.3, 0.4) is 0 Å². The molecule has 0 saturated heterocycles. The molecule has 3 aromatic rings. The summed E-state index contributed by atoms with van der Waals surface area (Å²) in [7, 11) is 0. The first-order valence-electron chi connectivity index (χ1n) is 6.92. The van der Waals surface area contributed by atoms with Gasteiger partial charge in [-0.1, -0.05) is 11.6 Å². The van der Waals surface area contributed by atoms with Gasteiger partial charge in [-0.25, -0.2) is 0 Å². The zero-order valence-electron chi connectivity index (χ0n) is 12.5. The van der Waals surface area contributed by atoms with E-state index < -0.39 is 5.91 Å². The lowest BCUT2D eigenvalue weighted by molar-refractivity contribution is 0.0996. The summed E-state index contributed by atoms with van der Waals surface area (Å²) in [5.74, 6) is -0.0558. The predicted molar refractivity (Wildman–Crippen MR) is 89.5 cm³/mol. The van der Waals surface area contributed by atoms with Crippen molar-refractivity contribution in [2.45, 2.75) is 0 Å². The van der Waals surface area contributed by atoms with Crippen molar-refractivity contribution in [3.05, 3.63) is 59.4 Å². The second kappa shape index (κ2) is 7.29. The van der Waals surface area contributed by atoms with Crippen molar-refractivity contribution in [3.63, 3.8) is 0 Å². The number of rotatable bonds is 5. The van der Waals surface area contributed by atoms with Crippen molar-refractivity contribution < 1.29 is 9.21 Å². The lowest BCUT2D eigenvalue weighted by atomic mass is 10.2. The zero-order valence-corrected chi connectivity index (χ0v) is 13.3. The highest BCUT2D eigenvalue weighted by Crippen LogP contribution is 2.26. The summed E-state index contributed by atoms with van der Waals surface area (Å²) in [5, 5.41) is 28.1. The van der Waals surface area contributed by atoms with E-state index in [0.717, 1.165) is 0 Å². The standard InChI is InChI=1S/C15H10ClN7O2/c16-11-6-10(18-8-9(7-17)14-20-22-23-21-14)3-4-12(11)19-15(24)13-2-1-5-25-13/h1-6,8,18H,(H,19,24)(H,20,21,22,23). The van der Waals surface area contributed by atoms with Gasteiger partial charge in [0.05, 0.1) is 17.0 Å². The van der Waals surface area contributed by atoms with Gasteiger partial charge >= 0.3 is 0 Å². The Kier molecular flexibility index (Phi) is 4.73. The van der Waals surface area contributed by atoms with Crippen molar-refractivity contribution in [2.24, 2.45) is 0 Å². The lowest BCUT2D eigenvalue weighted by Crippen LogP contribution is -2.11. The number of aromatic nitrogens is 4. The first-order chi connectivity index (χ1) is 12.2. The highest BCUT2D eigenvalue weighted by Gasteiger charge is 2.11. The summed E-state index contributed by atoms with van der Waals surface area (Å²) >= 11 is 6.17. The van der Waals surface area contributed by atoms with Crippen molar-refractivity contribution in [1.29, 1.82) is 5.26 Å². The van der Waals surface area contributed by atoms with Crippen molar-refractivity contribution in [3.8, 4) is 6.07 Å². The van der Waals surface area contributed by atoms with E-state index in [0.29, 0.717) is 16.4 Å². The van der Waals surface area contributed by atoms with E-state index in [-0.39, 0.29) is 17.2 Å². The van der Waals surface area contributed by atoms with Gasteiger partial charge in [0, 0.05) is 11.9 Å². The third kappa shape index (κ3) is 3.82. The van der Waals surface area contributed by atoms with Crippen LogP contribution in [0.1, 0.15) is 16.4 Å². The van der Waals surface area contributed by atoms with Crippen LogP contribution in [-0.4, -0.2) is 26.5 Å². The van der Waals surface area contributed by atoms with Crippen LogP contribution in [0, 0.1) is 11.3 Å². The molecule has 0 aliphatic rings. The minimum absolute atomic E-state index is 0.170. The van der Waals surface area contributed by atoms with E-state index in [2.05, 4.69) is 31.3 Å². The number of amides is 1. The van der Waals surface area contributed by atoms with Crippen molar-refractivity contribution in [2.75, 3.05) is 10.6 Å². The molecule has 1 aromatic carbocycles. The summed E-state index contributed by atoms with van der Waals surface area (Å²) in [6, 6.07) is 10.0. The largest absolute Gasteiger partial charge is 0.459 e. The number of tetrazole rings is 1. The van der Waals surface area contributed by atoms with E-state index in [1.54, 1.807) is 30.3 Å². The Hall–Kier alpha value is -3.64. The van der Waals surface area contributed by atoms with Crippen LogP contribution in [0.5, 0.6) is 0 Å². The third-order valence-corrected chi connectivity index (χ3v) is 3.36. The van der Waals surface area contributed by atoms with Gasteiger partial charge < -0.3 is 15.1 Å². The molecule has 0 fully saturated rings. The Bertz CT molecular complexity index is 943. The Labute approximate surface area is 146 Å². The summed E-state index contributed by atoms with van der Waals surface area (Å²) in [5.41, 5.74) is 1.23. The number of hydrogen-bond acceptors (Lipinski definition) is 7. The van der Waals surface area contributed by atoms with E-state index >= 15 is 0 Å². The average molecular weight is 356 g/mol. The van der Waals surface area contributed by atoms with Crippen LogP contribution in [0.25, 0.3) is 5.57 Å². The molecular formula is C15H10ClN7O2. The molecule has 0 aliphatic carbocycles. The Morgan fingerprint density at radius 2 is 2.28 bits per heavy atom. The van der Waals surface area contributed by atoms with Crippen LogP contribution in [0.2, 0.25) is 5.02 Å². The molecule has 0 aliphatic heterocycles. The lowest BCUT2D eigenvalue weighted by Gasteiger charge is -2.08. The quantitative estimate of drug-likeness (QED) is 0.599. The average Bonchev–Trinajstić information content (AvgIpc) is 3.31. The van der Waals surface area contributed by atoms with Gasteiger partial charge in [0.25, 0.3) is 5.91 Å². The van der Waals surface area contributed by atoms with E-state index in [4.69, 9.17) is 21.3 Å². The van der Waals surface area contributed by atoms with E-state index in [1.807, 2.05) is 6.07 Å². The molecule has 10 heteroatoms. The molecule has 9 nitrogen and oxygen atoms in total.